The largest absolute Gasteiger partial charge is 0.467 e. The molecule has 3 heterocycles. The number of hydrogen-bond acceptors (Lipinski definition) is 5. The zero-order valence-corrected chi connectivity index (χ0v) is 19.9. The van der Waals surface area contributed by atoms with Crippen LogP contribution in [0.5, 0.6) is 0 Å². The summed E-state index contributed by atoms with van der Waals surface area (Å²) in [6.45, 7) is 0.588. The van der Waals surface area contributed by atoms with Crippen molar-refractivity contribution in [2.45, 2.75) is 31.2 Å². The lowest BCUT2D eigenvalue weighted by Gasteiger charge is -2.44. The summed E-state index contributed by atoms with van der Waals surface area (Å²) in [6, 6.07) is 13.1. The highest BCUT2D eigenvalue weighted by atomic mass is 19.1. The molecule has 0 bridgehead atoms. The minimum absolute atomic E-state index is 0.0330. The number of furan rings is 1. The number of rotatable bonds is 5. The molecule has 2 aliphatic rings. The molecule has 5 rings (SSSR count). The fourth-order valence-electron chi connectivity index (χ4n) is 4.87. The number of nitrogens with zero attached hydrogens (tertiary/aromatic N) is 2. The molecule has 1 aromatic heterocycles. The summed E-state index contributed by atoms with van der Waals surface area (Å²) in [5, 5.41) is 2.78. The summed E-state index contributed by atoms with van der Waals surface area (Å²) in [5.41, 5.74) is -0.678. The molecule has 10 heteroatoms. The maximum Gasteiger partial charge on any atom is 0.256 e. The van der Waals surface area contributed by atoms with E-state index in [1.807, 2.05) is 0 Å². The molecule has 3 aromatic rings. The molecule has 0 radical (unpaired) electrons. The van der Waals surface area contributed by atoms with Crippen molar-refractivity contribution in [1.29, 1.82) is 0 Å². The number of amides is 3. The average Bonchev–Trinajstić information content (AvgIpc) is 3.56. The molecule has 3 amide bonds. The Morgan fingerprint density at radius 2 is 1.68 bits per heavy atom. The van der Waals surface area contributed by atoms with Crippen LogP contribution in [0.1, 0.15) is 39.3 Å². The lowest BCUT2D eigenvalue weighted by Crippen LogP contribution is -2.59. The summed E-state index contributed by atoms with van der Waals surface area (Å²) < 4.78 is 38.5. The Kier molecular flexibility index (Phi) is 6.75. The van der Waals surface area contributed by atoms with E-state index >= 15 is 0 Å². The summed E-state index contributed by atoms with van der Waals surface area (Å²) in [6.07, 6.45) is 2.00. The number of halogens is 2. The number of benzene rings is 2. The smallest absolute Gasteiger partial charge is 0.256 e. The number of piperidine rings is 1. The monoisotopic (exact) mass is 509 g/mol. The molecule has 8 nitrogen and oxygen atoms in total. The Bertz CT molecular complexity index is 1290. The minimum atomic E-state index is -1.13. The van der Waals surface area contributed by atoms with Crippen molar-refractivity contribution >= 4 is 17.7 Å². The van der Waals surface area contributed by atoms with Gasteiger partial charge in [0.25, 0.3) is 11.8 Å². The van der Waals surface area contributed by atoms with Gasteiger partial charge in [-0.2, -0.15) is 0 Å². The van der Waals surface area contributed by atoms with Gasteiger partial charge in [-0.3, -0.25) is 19.3 Å². The van der Waals surface area contributed by atoms with Crippen LogP contribution in [0.3, 0.4) is 0 Å². The molecular formula is C27H25F2N3O5. The quantitative estimate of drug-likeness (QED) is 0.570. The molecule has 2 aromatic carbocycles. The average molecular weight is 510 g/mol. The predicted octanol–water partition coefficient (Wildman–Crippen LogP) is 3.35. The van der Waals surface area contributed by atoms with E-state index in [0.29, 0.717) is 5.76 Å². The van der Waals surface area contributed by atoms with Crippen molar-refractivity contribution in [2.24, 2.45) is 0 Å². The lowest BCUT2D eigenvalue weighted by molar-refractivity contribution is -0.128. The molecule has 192 valence electrons. The van der Waals surface area contributed by atoms with Gasteiger partial charge in [0.2, 0.25) is 5.91 Å². The summed E-state index contributed by atoms with van der Waals surface area (Å²) in [7, 11) is 0. The van der Waals surface area contributed by atoms with E-state index in [4.69, 9.17) is 9.15 Å². The van der Waals surface area contributed by atoms with Gasteiger partial charge in [-0.05, 0) is 54.6 Å². The minimum Gasteiger partial charge on any atom is -0.467 e. The molecule has 1 unspecified atom stereocenters. The van der Waals surface area contributed by atoms with Crippen LogP contribution in [0.2, 0.25) is 0 Å². The fraction of sp³-hybridized carbons (Fsp3) is 0.296. The normalized spacial score (nSPS) is 18.7. The van der Waals surface area contributed by atoms with Gasteiger partial charge in [0.1, 0.15) is 29.2 Å². The van der Waals surface area contributed by atoms with E-state index in [9.17, 15) is 23.2 Å². The van der Waals surface area contributed by atoms with Crippen LogP contribution >= 0.6 is 0 Å². The van der Waals surface area contributed by atoms with E-state index in [2.05, 4.69) is 5.32 Å². The van der Waals surface area contributed by atoms with Crippen molar-refractivity contribution in [3.05, 3.63) is 95.4 Å². The van der Waals surface area contributed by atoms with E-state index in [0.717, 1.165) is 0 Å². The topological polar surface area (TPSA) is 92.1 Å². The van der Waals surface area contributed by atoms with Gasteiger partial charge in [-0.25, -0.2) is 8.78 Å². The molecule has 0 saturated carbocycles. The van der Waals surface area contributed by atoms with E-state index in [1.165, 1.54) is 53.6 Å². The Balaban J connectivity index is 1.36. The Morgan fingerprint density at radius 1 is 0.919 bits per heavy atom. The molecule has 2 saturated heterocycles. The standard InChI is InChI=1S/C27H25F2N3O5/c28-20-8-6-18(7-9-20)26(35)32-23(24(33)30-16-22-5-2-14-36-22)17-37-27(32)10-12-31(13-11-27)25(34)19-3-1-4-21(29)15-19/h1-9,14-15,23H,10-13,16-17H2,(H,30,33). The summed E-state index contributed by atoms with van der Waals surface area (Å²) >= 11 is 0. The molecule has 2 fully saturated rings. The second-order valence-electron chi connectivity index (χ2n) is 9.05. The highest BCUT2D eigenvalue weighted by Crippen LogP contribution is 2.39. The van der Waals surface area contributed by atoms with Gasteiger partial charge in [0, 0.05) is 37.1 Å². The van der Waals surface area contributed by atoms with Crippen molar-refractivity contribution in [2.75, 3.05) is 19.7 Å². The Hall–Kier alpha value is -4.05. The summed E-state index contributed by atoms with van der Waals surface area (Å²) in [4.78, 5) is 42.7. The first-order valence-electron chi connectivity index (χ1n) is 11.9. The maximum atomic E-state index is 13.7. The second-order valence-corrected chi connectivity index (χ2v) is 9.05. The van der Waals surface area contributed by atoms with Gasteiger partial charge in [0.15, 0.2) is 0 Å². The lowest BCUT2D eigenvalue weighted by atomic mass is 9.96. The third-order valence-electron chi connectivity index (χ3n) is 6.79. The first-order valence-corrected chi connectivity index (χ1v) is 11.9. The molecule has 2 aliphatic heterocycles. The molecule has 37 heavy (non-hydrogen) atoms. The Labute approximate surface area is 211 Å². The first-order chi connectivity index (χ1) is 17.9. The van der Waals surface area contributed by atoms with Crippen LogP contribution in [0.4, 0.5) is 8.78 Å². The molecule has 1 N–H and O–H groups in total. The molecule has 1 atom stereocenters. The zero-order chi connectivity index (χ0) is 26.0. The van der Waals surface area contributed by atoms with Crippen LogP contribution < -0.4 is 5.32 Å². The predicted molar refractivity (Wildman–Crippen MR) is 127 cm³/mol. The van der Waals surface area contributed by atoms with Gasteiger partial charge in [-0.1, -0.05) is 6.07 Å². The molecular weight excluding hydrogens is 484 g/mol. The van der Waals surface area contributed by atoms with Crippen LogP contribution in [0, 0.1) is 11.6 Å². The van der Waals surface area contributed by atoms with Gasteiger partial charge >= 0.3 is 0 Å². The number of carbonyl (C=O) groups is 3. The number of likely N-dealkylation sites (tertiary alicyclic amines) is 1. The fourth-order valence-corrected chi connectivity index (χ4v) is 4.87. The van der Waals surface area contributed by atoms with Gasteiger partial charge in [0.05, 0.1) is 19.4 Å². The summed E-state index contributed by atoms with van der Waals surface area (Å²) in [5.74, 6) is -1.64. The zero-order valence-electron chi connectivity index (χ0n) is 19.9. The van der Waals surface area contributed by atoms with E-state index in [1.54, 1.807) is 23.1 Å². The third-order valence-corrected chi connectivity index (χ3v) is 6.79. The van der Waals surface area contributed by atoms with Crippen molar-refractivity contribution < 1.29 is 32.3 Å². The first kappa shape index (κ1) is 24.6. The van der Waals surface area contributed by atoms with E-state index < -0.39 is 35.2 Å². The van der Waals surface area contributed by atoms with Gasteiger partial charge in [-0.15, -0.1) is 0 Å². The van der Waals surface area contributed by atoms with Crippen LogP contribution in [0.25, 0.3) is 0 Å². The highest BCUT2D eigenvalue weighted by Gasteiger charge is 2.54. The van der Waals surface area contributed by atoms with Crippen LogP contribution in [-0.4, -0.2) is 59.0 Å². The van der Waals surface area contributed by atoms with Crippen LogP contribution in [0.15, 0.2) is 71.3 Å². The number of carbonyl (C=O) groups excluding carboxylic acids is 3. The highest BCUT2D eigenvalue weighted by molar-refractivity contribution is 5.98. The number of hydrogen-bond donors (Lipinski definition) is 1. The number of nitrogens with one attached hydrogen (secondary N) is 1. The van der Waals surface area contributed by atoms with E-state index in [-0.39, 0.29) is 56.1 Å². The Morgan fingerprint density at radius 3 is 2.35 bits per heavy atom. The van der Waals surface area contributed by atoms with Crippen LogP contribution in [-0.2, 0) is 16.1 Å². The third kappa shape index (κ3) is 4.97. The van der Waals surface area contributed by atoms with Crippen molar-refractivity contribution in [1.82, 2.24) is 15.1 Å². The number of ether oxygens (including phenoxy) is 1. The van der Waals surface area contributed by atoms with Crippen molar-refractivity contribution in [3.63, 3.8) is 0 Å². The SMILES string of the molecule is O=C(NCc1ccco1)C1COC2(CCN(C(=O)c3cccc(F)c3)CC2)N1C(=O)c1ccc(F)cc1. The van der Waals surface area contributed by atoms with Gasteiger partial charge < -0.3 is 19.4 Å². The maximum absolute atomic E-state index is 13.7. The second kappa shape index (κ2) is 10.1. The molecule has 0 aliphatic carbocycles. The van der Waals surface area contributed by atoms with Crippen molar-refractivity contribution in [3.8, 4) is 0 Å². The molecule has 1 spiro atoms.